The maximum Gasteiger partial charge on any atom is 0.338 e. The summed E-state index contributed by atoms with van der Waals surface area (Å²) in [5.41, 5.74) is 1.11. The molecule has 2 N–H and O–H groups in total. The van der Waals surface area contributed by atoms with E-state index in [9.17, 15) is 9.90 Å². The van der Waals surface area contributed by atoms with Gasteiger partial charge < -0.3 is 34.1 Å². The highest BCUT2D eigenvalue weighted by Crippen LogP contribution is 2.38. The normalized spacial score (nSPS) is 12.6. The summed E-state index contributed by atoms with van der Waals surface area (Å²) in [7, 11) is 6.07. The van der Waals surface area contributed by atoms with E-state index in [0.717, 1.165) is 11.3 Å². The van der Waals surface area contributed by atoms with Gasteiger partial charge in [0.1, 0.15) is 5.75 Å². The summed E-state index contributed by atoms with van der Waals surface area (Å²) in [6, 6.07) is 10.2. The molecule has 8 nitrogen and oxygen atoms in total. The molecule has 0 saturated heterocycles. The SMILES string of the molecule is COc1ccc(C(O)C(C)NCCCOC(=O)c2cc(OC)c(OC)c(OC)c2)cc1. The summed E-state index contributed by atoms with van der Waals surface area (Å²) in [6.07, 6.45) is -0.0665. The van der Waals surface area contributed by atoms with Crippen LogP contribution in [-0.2, 0) is 4.74 Å². The van der Waals surface area contributed by atoms with Crippen molar-refractivity contribution in [2.75, 3.05) is 41.6 Å². The highest BCUT2D eigenvalue weighted by atomic mass is 16.5. The van der Waals surface area contributed by atoms with Crippen LogP contribution in [0.3, 0.4) is 0 Å². The van der Waals surface area contributed by atoms with Crippen LogP contribution in [0.2, 0.25) is 0 Å². The third kappa shape index (κ3) is 6.50. The first kappa shape index (κ1) is 24.3. The van der Waals surface area contributed by atoms with Crippen molar-refractivity contribution in [2.45, 2.75) is 25.5 Å². The summed E-state index contributed by atoms with van der Waals surface area (Å²) in [5.74, 6) is 1.44. The lowest BCUT2D eigenvalue weighted by Gasteiger charge is -2.21. The Morgan fingerprint density at radius 2 is 1.58 bits per heavy atom. The predicted molar refractivity (Wildman–Crippen MR) is 116 cm³/mol. The van der Waals surface area contributed by atoms with Gasteiger partial charge in [-0.2, -0.15) is 0 Å². The molecule has 8 heteroatoms. The van der Waals surface area contributed by atoms with Crippen molar-refractivity contribution in [1.29, 1.82) is 0 Å². The molecule has 0 bridgehead atoms. The minimum atomic E-state index is -0.660. The number of hydrogen-bond acceptors (Lipinski definition) is 8. The van der Waals surface area contributed by atoms with Crippen LogP contribution in [-0.4, -0.2) is 58.7 Å². The van der Waals surface area contributed by atoms with Crippen molar-refractivity contribution in [3.63, 3.8) is 0 Å². The fraction of sp³-hybridized carbons (Fsp3) is 0.435. The van der Waals surface area contributed by atoms with Crippen molar-refractivity contribution in [2.24, 2.45) is 0 Å². The highest BCUT2D eigenvalue weighted by molar-refractivity contribution is 5.91. The molecule has 0 aliphatic carbocycles. The first-order valence-electron chi connectivity index (χ1n) is 9.97. The van der Waals surface area contributed by atoms with E-state index in [1.54, 1.807) is 19.2 Å². The zero-order chi connectivity index (χ0) is 22.8. The van der Waals surface area contributed by atoms with Gasteiger partial charge >= 0.3 is 5.97 Å². The molecule has 0 fully saturated rings. The maximum atomic E-state index is 12.4. The van der Waals surface area contributed by atoms with E-state index in [2.05, 4.69) is 5.32 Å². The Balaban J connectivity index is 1.81. The standard InChI is InChI=1S/C23H31NO7/c1-15(21(25)16-7-9-18(27-2)10-8-16)24-11-6-12-31-23(26)17-13-19(28-3)22(30-5)20(14-17)29-4/h7-10,13-15,21,24-25H,6,11-12H2,1-5H3. The number of carbonyl (C=O) groups is 1. The number of benzene rings is 2. The molecular formula is C23H31NO7. The second kappa shape index (κ2) is 12.0. The second-order valence-corrected chi connectivity index (χ2v) is 6.86. The second-order valence-electron chi connectivity index (χ2n) is 6.86. The molecule has 2 rings (SSSR count). The number of hydrogen-bond donors (Lipinski definition) is 2. The number of aliphatic hydroxyl groups is 1. The van der Waals surface area contributed by atoms with Crippen molar-refractivity contribution in [3.8, 4) is 23.0 Å². The summed E-state index contributed by atoms with van der Waals surface area (Å²) >= 11 is 0. The lowest BCUT2D eigenvalue weighted by Crippen LogP contribution is -2.33. The summed E-state index contributed by atoms with van der Waals surface area (Å²) in [5, 5.41) is 13.7. The van der Waals surface area contributed by atoms with Crippen LogP contribution in [0.15, 0.2) is 36.4 Å². The van der Waals surface area contributed by atoms with Gasteiger partial charge in [0.25, 0.3) is 0 Å². The number of esters is 1. The van der Waals surface area contributed by atoms with Gasteiger partial charge in [0, 0.05) is 6.04 Å². The Morgan fingerprint density at radius 1 is 0.968 bits per heavy atom. The zero-order valence-corrected chi connectivity index (χ0v) is 18.6. The first-order valence-corrected chi connectivity index (χ1v) is 9.97. The molecule has 0 aromatic heterocycles. The van der Waals surface area contributed by atoms with Crippen LogP contribution in [0.1, 0.15) is 35.4 Å². The summed E-state index contributed by atoms with van der Waals surface area (Å²) < 4.78 is 26.2. The topological polar surface area (TPSA) is 95.5 Å². The van der Waals surface area contributed by atoms with E-state index in [0.29, 0.717) is 35.8 Å². The molecule has 2 unspecified atom stereocenters. The van der Waals surface area contributed by atoms with Gasteiger partial charge in [0.2, 0.25) is 5.75 Å². The van der Waals surface area contributed by atoms with Gasteiger partial charge in [-0.15, -0.1) is 0 Å². The van der Waals surface area contributed by atoms with Crippen molar-refractivity contribution < 1.29 is 33.6 Å². The average Bonchev–Trinajstić information content (AvgIpc) is 2.81. The van der Waals surface area contributed by atoms with E-state index < -0.39 is 12.1 Å². The van der Waals surface area contributed by atoms with Gasteiger partial charge in [0.15, 0.2) is 11.5 Å². The fourth-order valence-corrected chi connectivity index (χ4v) is 3.05. The number of nitrogens with one attached hydrogen (secondary N) is 1. The van der Waals surface area contributed by atoms with E-state index in [1.165, 1.54) is 21.3 Å². The Labute approximate surface area is 183 Å². The van der Waals surface area contributed by atoms with E-state index in [1.807, 2.05) is 31.2 Å². The largest absolute Gasteiger partial charge is 0.497 e. The molecule has 0 radical (unpaired) electrons. The number of rotatable bonds is 12. The van der Waals surface area contributed by atoms with Crippen LogP contribution in [0.4, 0.5) is 0 Å². The minimum absolute atomic E-state index is 0.167. The molecular weight excluding hydrogens is 402 g/mol. The Hall–Kier alpha value is -2.97. The van der Waals surface area contributed by atoms with Crippen LogP contribution >= 0.6 is 0 Å². The van der Waals surface area contributed by atoms with E-state index in [4.69, 9.17) is 23.7 Å². The summed E-state index contributed by atoms with van der Waals surface area (Å²) in [4.78, 5) is 12.4. The van der Waals surface area contributed by atoms with Crippen molar-refractivity contribution in [3.05, 3.63) is 47.5 Å². The van der Waals surface area contributed by atoms with Crippen LogP contribution in [0, 0.1) is 0 Å². The third-order valence-corrected chi connectivity index (χ3v) is 4.85. The van der Waals surface area contributed by atoms with Gasteiger partial charge in [-0.25, -0.2) is 4.79 Å². The molecule has 2 atom stereocenters. The number of aliphatic hydroxyl groups excluding tert-OH is 1. The zero-order valence-electron chi connectivity index (χ0n) is 18.6. The molecule has 0 saturated carbocycles. The smallest absolute Gasteiger partial charge is 0.338 e. The van der Waals surface area contributed by atoms with Gasteiger partial charge in [-0.3, -0.25) is 0 Å². The number of carbonyl (C=O) groups excluding carboxylic acids is 1. The minimum Gasteiger partial charge on any atom is -0.497 e. The Bertz CT molecular complexity index is 813. The maximum absolute atomic E-state index is 12.4. The van der Waals surface area contributed by atoms with Crippen LogP contribution < -0.4 is 24.3 Å². The predicted octanol–water partition coefficient (Wildman–Crippen LogP) is 2.98. The monoisotopic (exact) mass is 433 g/mol. The van der Waals surface area contributed by atoms with E-state index in [-0.39, 0.29) is 12.6 Å². The van der Waals surface area contributed by atoms with Crippen molar-refractivity contribution in [1.82, 2.24) is 5.32 Å². The molecule has 170 valence electrons. The lowest BCUT2D eigenvalue weighted by molar-refractivity contribution is 0.0496. The van der Waals surface area contributed by atoms with Gasteiger partial charge in [0.05, 0.1) is 46.7 Å². The number of ether oxygens (including phenoxy) is 5. The molecule has 0 aliphatic rings. The Morgan fingerprint density at radius 3 is 2.10 bits per heavy atom. The molecule has 0 amide bonds. The molecule has 2 aromatic carbocycles. The Kier molecular flexibility index (Phi) is 9.42. The summed E-state index contributed by atoms with van der Waals surface area (Å²) in [6.45, 7) is 2.71. The molecule has 2 aromatic rings. The molecule has 31 heavy (non-hydrogen) atoms. The average molecular weight is 434 g/mol. The molecule has 0 aliphatic heterocycles. The molecule has 0 heterocycles. The highest BCUT2D eigenvalue weighted by Gasteiger charge is 2.18. The van der Waals surface area contributed by atoms with Crippen LogP contribution in [0.5, 0.6) is 23.0 Å². The number of methoxy groups -OCH3 is 4. The van der Waals surface area contributed by atoms with Crippen LogP contribution in [0.25, 0.3) is 0 Å². The quantitative estimate of drug-likeness (QED) is 0.390. The van der Waals surface area contributed by atoms with Gasteiger partial charge in [-0.1, -0.05) is 12.1 Å². The van der Waals surface area contributed by atoms with E-state index >= 15 is 0 Å². The van der Waals surface area contributed by atoms with Crippen molar-refractivity contribution >= 4 is 5.97 Å². The van der Waals surface area contributed by atoms with Gasteiger partial charge in [-0.05, 0) is 49.7 Å². The fourth-order valence-electron chi connectivity index (χ4n) is 3.05. The first-order chi connectivity index (χ1) is 14.9. The lowest BCUT2D eigenvalue weighted by atomic mass is 10.0. The molecule has 0 spiro atoms. The third-order valence-electron chi connectivity index (χ3n) is 4.85.